The Morgan fingerprint density at radius 1 is 1.10 bits per heavy atom. The lowest BCUT2D eigenvalue weighted by Crippen LogP contribution is -2.50. The second kappa shape index (κ2) is 8.45. The predicted molar refractivity (Wildman–Crippen MR) is 116 cm³/mol. The molecule has 2 aliphatic rings. The number of ether oxygens (including phenoxy) is 1. The highest BCUT2D eigenvalue weighted by Gasteiger charge is 2.32. The molecule has 30 heavy (non-hydrogen) atoms. The Kier molecular flexibility index (Phi) is 5.90. The summed E-state index contributed by atoms with van der Waals surface area (Å²) in [4.78, 5) is 14.7. The highest BCUT2D eigenvalue weighted by molar-refractivity contribution is 7.89. The zero-order valence-corrected chi connectivity index (χ0v) is 18.2. The van der Waals surface area contributed by atoms with Gasteiger partial charge < -0.3 is 10.1 Å². The fourth-order valence-electron chi connectivity index (χ4n) is 3.97. The molecular weight excluding hydrogens is 426 g/mol. The number of halogens is 1. The summed E-state index contributed by atoms with van der Waals surface area (Å²) in [6, 6.07) is 11.7. The van der Waals surface area contributed by atoms with E-state index in [1.807, 2.05) is 12.1 Å². The average molecular weight is 450 g/mol. The van der Waals surface area contributed by atoms with Crippen molar-refractivity contribution in [1.29, 1.82) is 0 Å². The SMILES string of the molecule is COc1ccc(S(=O)(=O)N2CCC(NC(=O)N3CCc4cc(Cl)ccc43)CC2)cc1. The molecule has 1 N–H and O–H groups in total. The number of urea groups is 1. The fraction of sp³-hybridized carbons (Fsp3) is 0.381. The summed E-state index contributed by atoms with van der Waals surface area (Å²) in [7, 11) is -2.02. The monoisotopic (exact) mass is 449 g/mol. The Hall–Kier alpha value is -2.29. The first-order valence-electron chi connectivity index (χ1n) is 9.89. The van der Waals surface area contributed by atoms with Crippen LogP contribution in [0.2, 0.25) is 5.02 Å². The molecule has 2 amide bonds. The van der Waals surface area contributed by atoms with Gasteiger partial charge in [-0.3, -0.25) is 4.90 Å². The molecule has 160 valence electrons. The van der Waals surface area contributed by atoms with Crippen molar-refractivity contribution in [2.24, 2.45) is 0 Å². The maximum Gasteiger partial charge on any atom is 0.322 e. The third-order valence-corrected chi connectivity index (χ3v) is 7.81. The number of anilines is 1. The second-order valence-electron chi connectivity index (χ2n) is 7.48. The number of nitrogens with zero attached hydrogens (tertiary/aromatic N) is 2. The van der Waals surface area contributed by atoms with Crippen molar-refractivity contribution in [3.8, 4) is 5.75 Å². The van der Waals surface area contributed by atoms with Gasteiger partial charge in [-0.25, -0.2) is 13.2 Å². The van der Waals surface area contributed by atoms with E-state index in [0.717, 1.165) is 17.7 Å². The normalized spacial score (nSPS) is 17.6. The summed E-state index contributed by atoms with van der Waals surface area (Å²) in [6.07, 6.45) is 1.92. The molecule has 2 heterocycles. The van der Waals surface area contributed by atoms with Crippen LogP contribution in [0.25, 0.3) is 0 Å². The predicted octanol–water partition coefficient (Wildman–Crippen LogP) is 3.27. The molecule has 0 spiro atoms. The van der Waals surface area contributed by atoms with Gasteiger partial charge in [-0.1, -0.05) is 11.6 Å². The van der Waals surface area contributed by atoms with Crippen molar-refractivity contribution in [2.45, 2.75) is 30.2 Å². The second-order valence-corrected chi connectivity index (χ2v) is 9.85. The summed E-state index contributed by atoms with van der Waals surface area (Å²) in [6.45, 7) is 1.35. The molecule has 2 aromatic rings. The number of carbonyl (C=O) groups excluding carboxylic acids is 1. The first-order chi connectivity index (χ1) is 14.4. The lowest BCUT2D eigenvalue weighted by Gasteiger charge is -2.32. The first kappa shape index (κ1) is 21.0. The molecule has 2 aliphatic heterocycles. The Bertz CT molecular complexity index is 1030. The lowest BCUT2D eigenvalue weighted by molar-refractivity contribution is 0.233. The van der Waals surface area contributed by atoms with E-state index < -0.39 is 10.0 Å². The number of sulfonamides is 1. The minimum Gasteiger partial charge on any atom is -0.497 e. The van der Waals surface area contributed by atoms with Crippen molar-refractivity contribution in [1.82, 2.24) is 9.62 Å². The van der Waals surface area contributed by atoms with Crippen molar-refractivity contribution in [3.05, 3.63) is 53.1 Å². The molecule has 4 rings (SSSR count). The highest BCUT2D eigenvalue weighted by Crippen LogP contribution is 2.30. The number of hydrogen-bond donors (Lipinski definition) is 1. The van der Waals surface area contributed by atoms with E-state index in [4.69, 9.17) is 16.3 Å². The smallest absolute Gasteiger partial charge is 0.322 e. The van der Waals surface area contributed by atoms with E-state index in [1.54, 1.807) is 42.3 Å². The zero-order chi connectivity index (χ0) is 21.3. The quantitative estimate of drug-likeness (QED) is 0.776. The maximum atomic E-state index is 12.9. The Morgan fingerprint density at radius 3 is 2.47 bits per heavy atom. The minimum absolute atomic E-state index is 0.0591. The van der Waals surface area contributed by atoms with E-state index in [9.17, 15) is 13.2 Å². The van der Waals surface area contributed by atoms with Crippen LogP contribution in [0.15, 0.2) is 47.4 Å². The summed E-state index contributed by atoms with van der Waals surface area (Å²) in [5.74, 6) is 0.612. The van der Waals surface area contributed by atoms with Crippen LogP contribution >= 0.6 is 11.6 Å². The Labute approximate surface area is 181 Å². The van der Waals surface area contributed by atoms with Crippen molar-refractivity contribution >= 4 is 33.3 Å². The molecule has 0 radical (unpaired) electrons. The van der Waals surface area contributed by atoms with Gasteiger partial charge in [0, 0.05) is 36.4 Å². The summed E-state index contributed by atoms with van der Waals surface area (Å²) in [5.41, 5.74) is 1.95. The van der Waals surface area contributed by atoms with Crippen LogP contribution in [0.5, 0.6) is 5.75 Å². The Balaban J connectivity index is 1.35. The molecular formula is C21H24ClN3O4S. The van der Waals surface area contributed by atoms with Gasteiger partial charge in [0.2, 0.25) is 10.0 Å². The molecule has 0 aliphatic carbocycles. The van der Waals surface area contributed by atoms with Crippen LogP contribution in [0.4, 0.5) is 10.5 Å². The molecule has 2 aromatic carbocycles. The molecule has 7 nitrogen and oxygen atoms in total. The van der Waals surface area contributed by atoms with Gasteiger partial charge in [-0.15, -0.1) is 0 Å². The highest BCUT2D eigenvalue weighted by atomic mass is 35.5. The number of fused-ring (bicyclic) bond motifs is 1. The van der Waals surface area contributed by atoms with Crippen LogP contribution in [0.1, 0.15) is 18.4 Å². The van der Waals surface area contributed by atoms with E-state index in [-0.39, 0.29) is 17.0 Å². The van der Waals surface area contributed by atoms with Gasteiger partial charge in [0.05, 0.1) is 12.0 Å². The summed E-state index contributed by atoms with van der Waals surface area (Å²) >= 11 is 6.04. The molecule has 1 saturated heterocycles. The maximum absolute atomic E-state index is 12.9. The third-order valence-electron chi connectivity index (χ3n) is 5.66. The van der Waals surface area contributed by atoms with E-state index in [2.05, 4.69) is 5.32 Å². The number of amides is 2. The summed E-state index contributed by atoms with van der Waals surface area (Å²) < 4.78 is 32.3. The van der Waals surface area contributed by atoms with Gasteiger partial charge in [0.15, 0.2) is 0 Å². The summed E-state index contributed by atoms with van der Waals surface area (Å²) in [5, 5.41) is 3.73. The van der Waals surface area contributed by atoms with Crippen molar-refractivity contribution in [2.75, 3.05) is 31.6 Å². The zero-order valence-electron chi connectivity index (χ0n) is 16.7. The number of hydrogen-bond acceptors (Lipinski definition) is 4. The van der Waals surface area contributed by atoms with Crippen molar-refractivity contribution < 1.29 is 17.9 Å². The van der Waals surface area contributed by atoms with Gasteiger partial charge in [0.25, 0.3) is 0 Å². The molecule has 1 fully saturated rings. The fourth-order valence-corrected chi connectivity index (χ4v) is 5.64. The first-order valence-corrected chi connectivity index (χ1v) is 11.7. The van der Waals surface area contributed by atoms with E-state index >= 15 is 0 Å². The number of nitrogens with one attached hydrogen (secondary N) is 1. The number of piperidine rings is 1. The van der Waals surface area contributed by atoms with Crippen LogP contribution < -0.4 is 15.0 Å². The molecule has 9 heteroatoms. The lowest BCUT2D eigenvalue weighted by atomic mass is 10.1. The Morgan fingerprint density at radius 2 is 1.80 bits per heavy atom. The standard InChI is InChI=1S/C21H24ClN3O4S/c1-29-18-3-5-19(6-4-18)30(27,28)24-11-9-17(10-12-24)23-21(26)25-13-8-15-14-16(22)2-7-20(15)25/h2-7,14,17H,8-13H2,1H3,(H,23,26). The van der Waals surface area contributed by atoms with Crippen LogP contribution in [-0.2, 0) is 16.4 Å². The number of benzene rings is 2. The van der Waals surface area contributed by atoms with E-state index in [1.165, 1.54) is 4.31 Å². The topological polar surface area (TPSA) is 79.0 Å². The van der Waals surface area contributed by atoms with Gasteiger partial charge in [-0.05, 0) is 67.3 Å². The molecule has 0 saturated carbocycles. The molecule has 0 atom stereocenters. The number of rotatable bonds is 4. The van der Waals surface area contributed by atoms with Crippen LogP contribution in [-0.4, -0.2) is 51.5 Å². The van der Waals surface area contributed by atoms with Crippen molar-refractivity contribution in [3.63, 3.8) is 0 Å². The molecule has 0 aromatic heterocycles. The number of carbonyl (C=O) groups is 1. The largest absolute Gasteiger partial charge is 0.497 e. The minimum atomic E-state index is -3.56. The van der Waals surface area contributed by atoms with Gasteiger partial charge in [-0.2, -0.15) is 4.31 Å². The number of methoxy groups -OCH3 is 1. The van der Waals surface area contributed by atoms with E-state index in [0.29, 0.717) is 43.2 Å². The van der Waals surface area contributed by atoms with Crippen LogP contribution in [0.3, 0.4) is 0 Å². The molecule has 0 unspecified atom stereocenters. The van der Waals surface area contributed by atoms with Crippen LogP contribution in [0, 0.1) is 0 Å². The molecule has 0 bridgehead atoms. The van der Waals surface area contributed by atoms with Gasteiger partial charge >= 0.3 is 6.03 Å². The average Bonchev–Trinajstić information content (AvgIpc) is 3.17. The third kappa shape index (κ3) is 4.12. The van der Waals surface area contributed by atoms with Gasteiger partial charge in [0.1, 0.15) is 5.75 Å².